The molecule has 54 heavy (non-hydrogen) atoms. The molecule has 250 valence electrons. The summed E-state index contributed by atoms with van der Waals surface area (Å²) in [6, 6.07) is 76.2. The summed E-state index contributed by atoms with van der Waals surface area (Å²) < 4.78 is 0. The van der Waals surface area contributed by atoms with Gasteiger partial charge >= 0.3 is 0 Å². The van der Waals surface area contributed by atoms with Crippen LogP contribution in [0.2, 0.25) is 0 Å². The van der Waals surface area contributed by atoms with Gasteiger partial charge in [-0.15, -0.1) is 0 Å². The van der Waals surface area contributed by atoms with E-state index in [1.807, 2.05) is 0 Å². The van der Waals surface area contributed by atoms with E-state index in [9.17, 15) is 0 Å². The van der Waals surface area contributed by atoms with E-state index in [1.54, 1.807) is 0 Å². The van der Waals surface area contributed by atoms with Gasteiger partial charge < -0.3 is 0 Å². The highest BCUT2D eigenvalue weighted by Gasteiger charge is 2.21. The van der Waals surface area contributed by atoms with Crippen LogP contribution in [0.4, 0.5) is 0 Å². The van der Waals surface area contributed by atoms with E-state index < -0.39 is 0 Å². The van der Waals surface area contributed by atoms with Gasteiger partial charge in [0, 0.05) is 0 Å². The summed E-state index contributed by atoms with van der Waals surface area (Å²) in [5.41, 5.74) is 9.88. The molecule has 11 rings (SSSR count). The Kier molecular flexibility index (Phi) is 6.97. The molecule has 0 aromatic heterocycles. The maximum atomic E-state index is 2.37. The maximum Gasteiger partial charge on any atom is -0.00201 e. The van der Waals surface area contributed by atoms with Gasteiger partial charge in [0.1, 0.15) is 0 Å². The minimum Gasteiger partial charge on any atom is -0.0616 e. The van der Waals surface area contributed by atoms with E-state index in [-0.39, 0.29) is 0 Å². The van der Waals surface area contributed by atoms with Gasteiger partial charge in [-0.25, -0.2) is 0 Å². The highest BCUT2D eigenvalue weighted by Crippen LogP contribution is 2.48. The third-order valence-corrected chi connectivity index (χ3v) is 11.5. The lowest BCUT2D eigenvalue weighted by atomic mass is 9.82. The summed E-state index contributed by atoms with van der Waals surface area (Å²) in [4.78, 5) is 0. The van der Waals surface area contributed by atoms with Crippen molar-refractivity contribution in [2.75, 3.05) is 0 Å². The summed E-state index contributed by atoms with van der Waals surface area (Å²) in [7, 11) is 0. The average molecular weight is 683 g/mol. The van der Waals surface area contributed by atoms with Crippen LogP contribution in [0.25, 0.3) is 109 Å². The van der Waals surface area contributed by atoms with E-state index >= 15 is 0 Å². The second kappa shape index (κ2) is 12.3. The number of hydrogen-bond acceptors (Lipinski definition) is 0. The second-order valence-electron chi connectivity index (χ2n) is 14.3. The molecule has 0 nitrogen and oxygen atoms in total. The maximum absolute atomic E-state index is 2.37. The van der Waals surface area contributed by atoms with Crippen LogP contribution in [0, 0.1) is 0 Å². The standard InChI is InChI=1S/C54H34/c1-4-16-38-35(13-1)27-30-49-41(38)23-11-25-44(49)43-19-7-8-21-47(43)53-34-33-48-40-18-6-3-15-37(40)29-32-52(48)54(53)51-22-10-9-20-46(51)45-26-12-24-42-39-17-5-2-14-36(39)28-31-50(42)45/h1-34H. The van der Waals surface area contributed by atoms with Gasteiger partial charge in [0.25, 0.3) is 0 Å². The Labute approximate surface area is 314 Å². The minimum atomic E-state index is 1.22. The van der Waals surface area contributed by atoms with Crippen molar-refractivity contribution in [3.8, 4) is 44.5 Å². The SMILES string of the molecule is c1ccc(-c2cccc3c2ccc2ccccc23)c(-c2ccc3c(ccc4ccccc43)c2-c2ccccc2-c2cccc3c2ccc2ccccc23)c1. The van der Waals surface area contributed by atoms with Gasteiger partial charge in [-0.3, -0.25) is 0 Å². The molecule has 0 aliphatic carbocycles. The first kappa shape index (κ1) is 30.6. The fourth-order valence-corrected chi connectivity index (χ4v) is 9.04. The van der Waals surface area contributed by atoms with Crippen LogP contribution in [0.3, 0.4) is 0 Å². The molecule has 0 amide bonds. The summed E-state index contributed by atoms with van der Waals surface area (Å²) in [6.45, 7) is 0. The Morgan fingerprint density at radius 3 is 1.00 bits per heavy atom. The monoisotopic (exact) mass is 682 g/mol. The van der Waals surface area contributed by atoms with Crippen molar-refractivity contribution in [2.45, 2.75) is 0 Å². The van der Waals surface area contributed by atoms with Crippen LogP contribution >= 0.6 is 0 Å². The number of benzene rings is 11. The zero-order valence-electron chi connectivity index (χ0n) is 29.6. The first-order chi connectivity index (χ1) is 26.8. The Morgan fingerprint density at radius 2 is 0.481 bits per heavy atom. The van der Waals surface area contributed by atoms with Crippen molar-refractivity contribution >= 4 is 64.6 Å². The Morgan fingerprint density at radius 1 is 0.148 bits per heavy atom. The van der Waals surface area contributed by atoms with E-state index in [1.165, 1.54) is 109 Å². The highest BCUT2D eigenvalue weighted by atomic mass is 14.2. The summed E-state index contributed by atoms with van der Waals surface area (Å²) in [5.74, 6) is 0. The van der Waals surface area contributed by atoms with Crippen molar-refractivity contribution in [2.24, 2.45) is 0 Å². The first-order valence-corrected chi connectivity index (χ1v) is 18.8. The molecule has 0 aliphatic heterocycles. The predicted molar refractivity (Wildman–Crippen MR) is 233 cm³/mol. The van der Waals surface area contributed by atoms with E-state index in [4.69, 9.17) is 0 Å². The molecule has 0 saturated carbocycles. The molecule has 0 spiro atoms. The topological polar surface area (TPSA) is 0 Å². The lowest BCUT2D eigenvalue weighted by Crippen LogP contribution is -1.94. The second-order valence-corrected chi connectivity index (χ2v) is 14.3. The molecule has 0 unspecified atom stereocenters. The van der Waals surface area contributed by atoms with Crippen LogP contribution in [-0.4, -0.2) is 0 Å². The van der Waals surface area contributed by atoms with Crippen molar-refractivity contribution in [3.05, 3.63) is 206 Å². The molecule has 0 heteroatoms. The molecule has 0 fully saturated rings. The van der Waals surface area contributed by atoms with Crippen LogP contribution in [0.15, 0.2) is 206 Å². The average Bonchev–Trinajstić information content (AvgIpc) is 3.25. The Balaban J connectivity index is 1.23. The number of fused-ring (bicyclic) bond motifs is 9. The van der Waals surface area contributed by atoms with E-state index in [0.29, 0.717) is 0 Å². The summed E-state index contributed by atoms with van der Waals surface area (Å²) in [5, 5.41) is 15.2. The van der Waals surface area contributed by atoms with Crippen molar-refractivity contribution in [1.29, 1.82) is 0 Å². The Hall–Kier alpha value is -7.02. The largest absolute Gasteiger partial charge is 0.0616 e. The molecule has 0 heterocycles. The van der Waals surface area contributed by atoms with Crippen LogP contribution < -0.4 is 0 Å². The molecule has 0 radical (unpaired) electrons. The molecule has 0 atom stereocenters. The van der Waals surface area contributed by atoms with Crippen LogP contribution in [0.5, 0.6) is 0 Å². The third kappa shape index (κ3) is 4.71. The van der Waals surface area contributed by atoms with Crippen molar-refractivity contribution in [3.63, 3.8) is 0 Å². The number of hydrogen-bond donors (Lipinski definition) is 0. The third-order valence-electron chi connectivity index (χ3n) is 11.5. The van der Waals surface area contributed by atoms with Gasteiger partial charge in [0.15, 0.2) is 0 Å². The smallest absolute Gasteiger partial charge is 0.00201 e. The summed E-state index contributed by atoms with van der Waals surface area (Å²) in [6.07, 6.45) is 0. The molecule has 11 aromatic carbocycles. The fraction of sp³-hybridized carbons (Fsp3) is 0. The van der Waals surface area contributed by atoms with Gasteiger partial charge in [-0.1, -0.05) is 206 Å². The van der Waals surface area contributed by atoms with Gasteiger partial charge in [0.05, 0.1) is 0 Å². The van der Waals surface area contributed by atoms with Crippen molar-refractivity contribution < 1.29 is 0 Å². The predicted octanol–water partition coefficient (Wildman–Crippen LogP) is 15.3. The Bertz CT molecular complexity index is 3270. The molecule has 11 aromatic rings. The quantitative estimate of drug-likeness (QED) is 0.162. The molecule has 0 bridgehead atoms. The highest BCUT2D eigenvalue weighted by molar-refractivity contribution is 6.19. The molecule has 0 N–H and O–H groups in total. The zero-order valence-corrected chi connectivity index (χ0v) is 29.6. The van der Waals surface area contributed by atoms with E-state index in [0.717, 1.165) is 0 Å². The van der Waals surface area contributed by atoms with Gasteiger partial charge in [-0.05, 0) is 109 Å². The molecular weight excluding hydrogens is 649 g/mol. The fourth-order valence-electron chi connectivity index (χ4n) is 9.04. The van der Waals surface area contributed by atoms with Gasteiger partial charge in [-0.2, -0.15) is 0 Å². The summed E-state index contributed by atoms with van der Waals surface area (Å²) >= 11 is 0. The zero-order chi connectivity index (χ0) is 35.6. The first-order valence-electron chi connectivity index (χ1n) is 18.8. The van der Waals surface area contributed by atoms with E-state index in [2.05, 4.69) is 206 Å². The minimum absolute atomic E-state index is 1.22. The van der Waals surface area contributed by atoms with Crippen LogP contribution in [0.1, 0.15) is 0 Å². The molecular formula is C54H34. The lowest BCUT2D eigenvalue weighted by Gasteiger charge is -2.21. The molecule has 0 aliphatic rings. The van der Waals surface area contributed by atoms with Crippen molar-refractivity contribution in [1.82, 2.24) is 0 Å². The normalized spacial score (nSPS) is 11.7. The number of rotatable bonds is 4. The molecule has 0 saturated heterocycles. The lowest BCUT2D eigenvalue weighted by molar-refractivity contribution is 1.59. The van der Waals surface area contributed by atoms with Gasteiger partial charge in [0.2, 0.25) is 0 Å². The van der Waals surface area contributed by atoms with Crippen LogP contribution in [-0.2, 0) is 0 Å².